The Morgan fingerprint density at radius 1 is 1.23 bits per heavy atom. The molecule has 0 radical (unpaired) electrons. The number of esters is 1. The number of carbonyl (C=O) groups is 2. The van der Waals surface area contributed by atoms with Crippen molar-refractivity contribution in [3.63, 3.8) is 0 Å². The third kappa shape index (κ3) is 6.21. The summed E-state index contributed by atoms with van der Waals surface area (Å²) in [5, 5.41) is 4.07. The number of ether oxygens (including phenoxy) is 1. The van der Waals surface area contributed by atoms with Gasteiger partial charge in [0.1, 0.15) is 11.5 Å². The molecule has 162 valence electrons. The Hall–Kier alpha value is -2.57. The lowest BCUT2D eigenvalue weighted by atomic mass is 9.84. The summed E-state index contributed by atoms with van der Waals surface area (Å²) >= 11 is 0. The molecule has 0 aliphatic heterocycles. The van der Waals surface area contributed by atoms with E-state index in [0.717, 1.165) is 18.8 Å². The molecular formula is C23H31N3O4. The fourth-order valence-electron chi connectivity index (χ4n) is 4.16. The van der Waals surface area contributed by atoms with Crippen molar-refractivity contribution in [3.8, 4) is 11.4 Å². The van der Waals surface area contributed by atoms with Crippen molar-refractivity contribution in [2.75, 3.05) is 6.61 Å². The van der Waals surface area contributed by atoms with Crippen molar-refractivity contribution in [3.05, 3.63) is 29.9 Å². The van der Waals surface area contributed by atoms with Gasteiger partial charge in [-0.2, -0.15) is 4.98 Å². The van der Waals surface area contributed by atoms with Crippen molar-refractivity contribution in [1.29, 1.82) is 0 Å². The number of aromatic nitrogens is 3. The standard InChI is InChI=1S/C23H31N3O4/c1-3-29-23(28)20-13-12-19(15-24-20)21-25-22(30-26-21)18(14-16(2)27)11-7-10-17-8-5-4-6-9-17/h12-13,15,17-18H,3-11,14H2,1-2H3. The van der Waals surface area contributed by atoms with Gasteiger partial charge in [-0.25, -0.2) is 9.78 Å². The highest BCUT2D eigenvalue weighted by Crippen LogP contribution is 2.31. The molecule has 0 amide bonds. The van der Waals surface area contributed by atoms with E-state index in [1.165, 1.54) is 44.7 Å². The highest BCUT2D eigenvalue weighted by molar-refractivity contribution is 5.87. The minimum Gasteiger partial charge on any atom is -0.461 e. The zero-order chi connectivity index (χ0) is 21.3. The summed E-state index contributed by atoms with van der Waals surface area (Å²) in [4.78, 5) is 32.2. The van der Waals surface area contributed by atoms with Crippen molar-refractivity contribution in [2.24, 2.45) is 5.92 Å². The second kappa shape index (κ2) is 11.0. The quantitative estimate of drug-likeness (QED) is 0.499. The van der Waals surface area contributed by atoms with Gasteiger partial charge in [0.2, 0.25) is 11.7 Å². The zero-order valence-corrected chi connectivity index (χ0v) is 17.9. The van der Waals surface area contributed by atoms with E-state index in [9.17, 15) is 9.59 Å². The molecule has 1 atom stereocenters. The smallest absolute Gasteiger partial charge is 0.356 e. The highest BCUT2D eigenvalue weighted by atomic mass is 16.5. The average Bonchev–Trinajstić information content (AvgIpc) is 3.24. The molecule has 7 nitrogen and oxygen atoms in total. The third-order valence-corrected chi connectivity index (χ3v) is 5.72. The predicted octanol–water partition coefficient (Wildman–Crippen LogP) is 5.12. The fraction of sp³-hybridized carbons (Fsp3) is 0.609. The van der Waals surface area contributed by atoms with Gasteiger partial charge in [-0.15, -0.1) is 0 Å². The number of hydrogen-bond acceptors (Lipinski definition) is 7. The lowest BCUT2D eigenvalue weighted by molar-refractivity contribution is -0.117. The van der Waals surface area contributed by atoms with Crippen LogP contribution in [0.3, 0.4) is 0 Å². The van der Waals surface area contributed by atoms with Crippen LogP contribution in [0.2, 0.25) is 0 Å². The van der Waals surface area contributed by atoms with E-state index < -0.39 is 5.97 Å². The molecule has 1 aliphatic rings. The van der Waals surface area contributed by atoms with Gasteiger partial charge in [-0.05, 0) is 38.3 Å². The van der Waals surface area contributed by atoms with Crippen LogP contribution < -0.4 is 0 Å². The Morgan fingerprint density at radius 3 is 2.70 bits per heavy atom. The number of ketones is 1. The van der Waals surface area contributed by atoms with E-state index in [4.69, 9.17) is 9.26 Å². The molecule has 0 spiro atoms. The average molecular weight is 414 g/mol. The number of nitrogens with zero attached hydrogens (tertiary/aromatic N) is 3. The van der Waals surface area contributed by atoms with Gasteiger partial charge in [-0.3, -0.25) is 0 Å². The molecule has 1 unspecified atom stereocenters. The van der Waals surface area contributed by atoms with E-state index in [2.05, 4.69) is 15.1 Å². The van der Waals surface area contributed by atoms with Crippen LogP contribution in [0.25, 0.3) is 11.4 Å². The summed E-state index contributed by atoms with van der Waals surface area (Å²) in [7, 11) is 0. The molecule has 2 aromatic heterocycles. The van der Waals surface area contributed by atoms with E-state index in [1.54, 1.807) is 26.0 Å². The van der Waals surface area contributed by atoms with E-state index in [0.29, 0.717) is 30.3 Å². The van der Waals surface area contributed by atoms with Crippen LogP contribution in [0.5, 0.6) is 0 Å². The fourth-order valence-corrected chi connectivity index (χ4v) is 4.16. The van der Waals surface area contributed by atoms with Crippen molar-refractivity contribution < 1.29 is 18.8 Å². The lowest BCUT2D eigenvalue weighted by Gasteiger charge is -2.22. The van der Waals surface area contributed by atoms with Gasteiger partial charge in [0, 0.05) is 24.1 Å². The Labute approximate surface area is 177 Å². The van der Waals surface area contributed by atoms with E-state index >= 15 is 0 Å². The molecule has 0 bridgehead atoms. The van der Waals surface area contributed by atoms with Gasteiger partial charge >= 0.3 is 5.97 Å². The minimum atomic E-state index is -0.461. The first-order valence-electron chi connectivity index (χ1n) is 11.0. The summed E-state index contributed by atoms with van der Waals surface area (Å²) in [6.45, 7) is 3.65. The number of rotatable bonds is 10. The van der Waals surface area contributed by atoms with Crippen LogP contribution in [-0.2, 0) is 9.53 Å². The number of carbonyl (C=O) groups excluding carboxylic acids is 2. The molecule has 0 saturated heterocycles. The van der Waals surface area contributed by atoms with Crippen molar-refractivity contribution in [1.82, 2.24) is 15.1 Å². The van der Waals surface area contributed by atoms with Gasteiger partial charge in [0.15, 0.2) is 0 Å². The van der Waals surface area contributed by atoms with Crippen LogP contribution in [-0.4, -0.2) is 33.5 Å². The Morgan fingerprint density at radius 2 is 2.03 bits per heavy atom. The van der Waals surface area contributed by atoms with Crippen LogP contribution in [0.1, 0.15) is 93.9 Å². The molecule has 3 rings (SSSR count). The van der Waals surface area contributed by atoms with Crippen LogP contribution in [0.15, 0.2) is 22.9 Å². The molecule has 1 saturated carbocycles. The Bertz CT molecular complexity index is 825. The summed E-state index contributed by atoms with van der Waals surface area (Å²) < 4.78 is 10.5. The summed E-state index contributed by atoms with van der Waals surface area (Å²) in [5.74, 6) is 1.33. The first kappa shape index (κ1) is 22.1. The predicted molar refractivity (Wildman–Crippen MR) is 112 cm³/mol. The van der Waals surface area contributed by atoms with Gasteiger partial charge in [-0.1, -0.05) is 50.1 Å². The highest BCUT2D eigenvalue weighted by Gasteiger charge is 2.22. The molecule has 30 heavy (non-hydrogen) atoms. The first-order chi connectivity index (χ1) is 14.6. The molecule has 2 heterocycles. The second-order valence-corrected chi connectivity index (χ2v) is 8.15. The SMILES string of the molecule is CCOC(=O)c1ccc(-c2noc(C(CCCC3CCCCC3)CC(C)=O)n2)cn1. The van der Waals surface area contributed by atoms with E-state index in [-0.39, 0.29) is 17.4 Å². The van der Waals surface area contributed by atoms with Crippen LogP contribution in [0.4, 0.5) is 0 Å². The minimum absolute atomic E-state index is 0.0564. The van der Waals surface area contributed by atoms with Gasteiger partial charge < -0.3 is 14.1 Å². The van der Waals surface area contributed by atoms with Crippen molar-refractivity contribution >= 4 is 11.8 Å². The zero-order valence-electron chi connectivity index (χ0n) is 17.9. The lowest BCUT2D eigenvalue weighted by Crippen LogP contribution is -2.09. The molecule has 1 fully saturated rings. The first-order valence-corrected chi connectivity index (χ1v) is 11.0. The van der Waals surface area contributed by atoms with Crippen LogP contribution in [0, 0.1) is 5.92 Å². The van der Waals surface area contributed by atoms with Gasteiger partial charge in [0.25, 0.3) is 0 Å². The maximum absolute atomic E-state index is 11.8. The normalized spacial score (nSPS) is 15.7. The molecule has 7 heteroatoms. The maximum atomic E-state index is 11.8. The maximum Gasteiger partial charge on any atom is 0.356 e. The topological polar surface area (TPSA) is 95.2 Å². The summed E-state index contributed by atoms with van der Waals surface area (Å²) in [6, 6.07) is 3.30. The van der Waals surface area contributed by atoms with Gasteiger partial charge in [0.05, 0.1) is 6.61 Å². The molecule has 2 aromatic rings. The second-order valence-electron chi connectivity index (χ2n) is 8.15. The molecule has 1 aliphatic carbocycles. The third-order valence-electron chi connectivity index (χ3n) is 5.72. The van der Waals surface area contributed by atoms with Crippen LogP contribution >= 0.6 is 0 Å². The number of Topliss-reactive ketones (excluding diaryl/α,β-unsaturated/α-hetero) is 1. The summed E-state index contributed by atoms with van der Waals surface area (Å²) in [5.41, 5.74) is 0.892. The monoisotopic (exact) mass is 413 g/mol. The molecule has 0 N–H and O–H groups in total. The Kier molecular flexibility index (Phi) is 8.11. The summed E-state index contributed by atoms with van der Waals surface area (Å²) in [6.07, 6.45) is 11.8. The number of pyridine rings is 1. The number of hydrogen-bond donors (Lipinski definition) is 0. The molecular weight excluding hydrogens is 382 g/mol. The molecule has 0 aromatic carbocycles. The largest absolute Gasteiger partial charge is 0.461 e. The van der Waals surface area contributed by atoms with E-state index in [1.807, 2.05) is 0 Å². The van der Waals surface area contributed by atoms with Crippen molar-refractivity contribution in [2.45, 2.75) is 77.6 Å². The Balaban J connectivity index is 1.63.